The number of esters is 1. The molecule has 0 aliphatic rings. The normalized spacial score (nSPS) is 11.1. The Labute approximate surface area is 100 Å². The molecule has 1 aromatic heterocycles. The highest BCUT2D eigenvalue weighted by molar-refractivity contribution is 5.93. The lowest BCUT2D eigenvalue weighted by Crippen LogP contribution is -2.04. The minimum absolute atomic E-state index is 0.298. The van der Waals surface area contributed by atoms with Crippen molar-refractivity contribution >= 4 is 17.0 Å². The van der Waals surface area contributed by atoms with Crippen LogP contribution in [0, 0.1) is 0 Å². The van der Waals surface area contributed by atoms with Gasteiger partial charge in [0.05, 0.1) is 29.5 Å². The van der Waals surface area contributed by atoms with E-state index in [4.69, 9.17) is 4.74 Å². The van der Waals surface area contributed by atoms with E-state index in [1.165, 1.54) is 0 Å². The first-order valence-electron chi connectivity index (χ1n) is 5.77. The maximum Gasteiger partial charge on any atom is 0.338 e. The highest BCUT2D eigenvalue weighted by Crippen LogP contribution is 2.19. The van der Waals surface area contributed by atoms with Crippen molar-refractivity contribution in [3.63, 3.8) is 0 Å². The number of imidazole rings is 1. The molecule has 4 nitrogen and oxygen atoms in total. The number of fused-ring (bicyclic) bond motifs is 1. The summed E-state index contributed by atoms with van der Waals surface area (Å²) in [5.41, 5.74) is 2.41. The molecule has 2 rings (SSSR count). The van der Waals surface area contributed by atoms with Crippen molar-refractivity contribution in [3.8, 4) is 0 Å². The number of hydrogen-bond acceptors (Lipinski definition) is 3. The summed E-state index contributed by atoms with van der Waals surface area (Å²) in [6.07, 6.45) is 1.80. The van der Waals surface area contributed by atoms with Gasteiger partial charge in [0.1, 0.15) is 0 Å². The van der Waals surface area contributed by atoms with E-state index < -0.39 is 0 Å². The van der Waals surface area contributed by atoms with Crippen molar-refractivity contribution in [2.75, 3.05) is 6.61 Å². The maximum atomic E-state index is 11.6. The van der Waals surface area contributed by atoms with Gasteiger partial charge >= 0.3 is 5.97 Å². The molecule has 1 aromatic carbocycles. The van der Waals surface area contributed by atoms with Gasteiger partial charge in [-0.05, 0) is 39.0 Å². The number of carbonyl (C=O) groups excluding carboxylic acids is 1. The Morgan fingerprint density at radius 2 is 2.24 bits per heavy atom. The molecule has 0 aliphatic heterocycles. The average molecular weight is 232 g/mol. The summed E-state index contributed by atoms with van der Waals surface area (Å²) in [6, 6.07) is 5.82. The number of rotatable bonds is 3. The van der Waals surface area contributed by atoms with Gasteiger partial charge in [-0.1, -0.05) is 0 Å². The van der Waals surface area contributed by atoms with E-state index in [1.54, 1.807) is 25.4 Å². The largest absolute Gasteiger partial charge is 0.462 e. The molecule has 0 radical (unpaired) electrons. The fourth-order valence-electron chi connectivity index (χ4n) is 1.78. The van der Waals surface area contributed by atoms with Crippen LogP contribution in [0.2, 0.25) is 0 Å². The quantitative estimate of drug-likeness (QED) is 0.764. The van der Waals surface area contributed by atoms with Gasteiger partial charge in [0.15, 0.2) is 0 Å². The third-order valence-corrected chi connectivity index (χ3v) is 2.64. The average Bonchev–Trinajstić information content (AvgIpc) is 2.71. The zero-order valence-corrected chi connectivity index (χ0v) is 10.3. The van der Waals surface area contributed by atoms with Crippen LogP contribution >= 0.6 is 0 Å². The van der Waals surface area contributed by atoms with Gasteiger partial charge < -0.3 is 9.30 Å². The number of aromatic nitrogens is 2. The molecule has 0 fully saturated rings. The van der Waals surface area contributed by atoms with E-state index in [-0.39, 0.29) is 5.97 Å². The molecule has 0 spiro atoms. The number of hydrogen-bond donors (Lipinski definition) is 0. The lowest BCUT2D eigenvalue weighted by molar-refractivity contribution is 0.0526. The molecule has 0 N–H and O–H groups in total. The minimum Gasteiger partial charge on any atom is -0.462 e. The van der Waals surface area contributed by atoms with E-state index in [0.717, 1.165) is 11.0 Å². The molecule has 1 heterocycles. The molecule has 0 saturated carbocycles. The fourth-order valence-corrected chi connectivity index (χ4v) is 1.78. The third kappa shape index (κ3) is 2.16. The Bertz CT molecular complexity index is 543. The van der Waals surface area contributed by atoms with Crippen LogP contribution in [0.5, 0.6) is 0 Å². The topological polar surface area (TPSA) is 44.1 Å². The number of ether oxygens (including phenoxy) is 1. The summed E-state index contributed by atoms with van der Waals surface area (Å²) >= 11 is 0. The summed E-state index contributed by atoms with van der Waals surface area (Å²) in [4.78, 5) is 15.9. The maximum absolute atomic E-state index is 11.6. The van der Waals surface area contributed by atoms with E-state index in [0.29, 0.717) is 18.2 Å². The third-order valence-electron chi connectivity index (χ3n) is 2.64. The van der Waals surface area contributed by atoms with Crippen LogP contribution in [0.25, 0.3) is 11.0 Å². The Balaban J connectivity index is 2.42. The Morgan fingerprint density at radius 3 is 2.88 bits per heavy atom. The highest BCUT2D eigenvalue weighted by Gasteiger charge is 2.10. The molecule has 0 atom stereocenters. The van der Waals surface area contributed by atoms with Gasteiger partial charge in [-0.25, -0.2) is 9.78 Å². The fraction of sp³-hybridized carbons (Fsp3) is 0.385. The Hall–Kier alpha value is -1.84. The van der Waals surface area contributed by atoms with Gasteiger partial charge in [0, 0.05) is 6.04 Å². The molecule has 0 saturated heterocycles. The van der Waals surface area contributed by atoms with Crippen molar-refractivity contribution in [1.82, 2.24) is 9.55 Å². The molecule has 0 unspecified atom stereocenters. The smallest absolute Gasteiger partial charge is 0.338 e. The molecule has 4 heteroatoms. The van der Waals surface area contributed by atoms with Crippen LogP contribution in [-0.4, -0.2) is 22.1 Å². The van der Waals surface area contributed by atoms with Crippen molar-refractivity contribution in [2.24, 2.45) is 0 Å². The van der Waals surface area contributed by atoms with E-state index in [1.807, 2.05) is 6.07 Å². The van der Waals surface area contributed by atoms with Gasteiger partial charge in [-0.2, -0.15) is 0 Å². The first-order chi connectivity index (χ1) is 8.13. The van der Waals surface area contributed by atoms with Crippen molar-refractivity contribution < 1.29 is 9.53 Å². The van der Waals surface area contributed by atoms with Crippen LogP contribution < -0.4 is 0 Å². The number of nitrogens with zero attached hydrogens (tertiary/aromatic N) is 2. The molecular formula is C13H16N2O2. The summed E-state index contributed by atoms with van der Waals surface area (Å²) < 4.78 is 7.03. The van der Waals surface area contributed by atoms with E-state index in [9.17, 15) is 4.79 Å². The molecule has 90 valence electrons. The predicted octanol–water partition coefficient (Wildman–Crippen LogP) is 2.79. The second kappa shape index (κ2) is 4.57. The van der Waals surface area contributed by atoms with Crippen LogP contribution in [0.15, 0.2) is 24.5 Å². The SMILES string of the molecule is CCOC(=O)c1ccc2c(c1)ncn2C(C)C. The summed E-state index contributed by atoms with van der Waals surface area (Å²) in [7, 11) is 0. The van der Waals surface area contributed by atoms with Gasteiger partial charge in [0.25, 0.3) is 0 Å². The van der Waals surface area contributed by atoms with Crippen molar-refractivity contribution in [2.45, 2.75) is 26.8 Å². The monoisotopic (exact) mass is 232 g/mol. The summed E-state index contributed by atoms with van der Waals surface area (Å²) in [5.74, 6) is -0.298. The molecule has 0 aliphatic carbocycles. The standard InChI is InChI=1S/C13H16N2O2/c1-4-17-13(16)10-5-6-12-11(7-10)14-8-15(12)9(2)3/h5-9H,4H2,1-3H3. The van der Waals surface area contributed by atoms with Crippen LogP contribution in [0.4, 0.5) is 0 Å². The minimum atomic E-state index is -0.298. The first-order valence-corrected chi connectivity index (χ1v) is 5.77. The Morgan fingerprint density at radius 1 is 1.47 bits per heavy atom. The molecule has 0 amide bonds. The van der Waals surface area contributed by atoms with Crippen molar-refractivity contribution in [3.05, 3.63) is 30.1 Å². The molecule has 0 bridgehead atoms. The van der Waals surface area contributed by atoms with Gasteiger partial charge in [-0.15, -0.1) is 0 Å². The second-order valence-corrected chi connectivity index (χ2v) is 4.17. The lowest BCUT2D eigenvalue weighted by atomic mass is 10.2. The van der Waals surface area contributed by atoms with Crippen LogP contribution in [0.1, 0.15) is 37.2 Å². The Kier molecular flexibility index (Phi) is 3.13. The second-order valence-electron chi connectivity index (χ2n) is 4.17. The zero-order chi connectivity index (χ0) is 12.4. The molecular weight excluding hydrogens is 216 g/mol. The van der Waals surface area contributed by atoms with E-state index >= 15 is 0 Å². The first kappa shape index (κ1) is 11.6. The summed E-state index contributed by atoms with van der Waals surface area (Å²) in [6.45, 7) is 6.38. The van der Waals surface area contributed by atoms with Crippen LogP contribution in [0.3, 0.4) is 0 Å². The number of benzene rings is 1. The number of carbonyl (C=O) groups is 1. The molecule has 17 heavy (non-hydrogen) atoms. The van der Waals surface area contributed by atoms with Crippen LogP contribution in [-0.2, 0) is 4.74 Å². The molecule has 2 aromatic rings. The highest BCUT2D eigenvalue weighted by atomic mass is 16.5. The lowest BCUT2D eigenvalue weighted by Gasteiger charge is -2.07. The predicted molar refractivity (Wildman–Crippen MR) is 66.1 cm³/mol. The summed E-state index contributed by atoms with van der Waals surface area (Å²) in [5, 5.41) is 0. The van der Waals surface area contributed by atoms with E-state index in [2.05, 4.69) is 23.4 Å². The van der Waals surface area contributed by atoms with Crippen molar-refractivity contribution in [1.29, 1.82) is 0 Å². The zero-order valence-electron chi connectivity index (χ0n) is 10.3. The van der Waals surface area contributed by atoms with Gasteiger partial charge in [0.2, 0.25) is 0 Å². The van der Waals surface area contributed by atoms with Gasteiger partial charge in [-0.3, -0.25) is 0 Å².